The molecule has 0 bridgehead atoms. The maximum absolute atomic E-state index is 12.9. The van der Waals surface area contributed by atoms with E-state index < -0.39 is 0 Å². The Morgan fingerprint density at radius 3 is 2.61 bits per heavy atom. The maximum Gasteiger partial charge on any atom is 0.123 e. The number of nitrogens with two attached hydrogens (primary N) is 1. The van der Waals surface area contributed by atoms with E-state index in [-0.39, 0.29) is 11.4 Å². The average Bonchev–Trinajstić information content (AvgIpc) is 3.07. The van der Waals surface area contributed by atoms with Crippen LogP contribution in [0.5, 0.6) is 0 Å². The molecule has 3 rings (SSSR count). The lowest BCUT2D eigenvalue weighted by atomic mass is 9.90. The van der Waals surface area contributed by atoms with Crippen molar-refractivity contribution in [2.75, 3.05) is 13.6 Å². The molecule has 0 amide bonds. The Balaban J connectivity index is 1.74. The summed E-state index contributed by atoms with van der Waals surface area (Å²) in [6.07, 6.45) is 3.90. The van der Waals surface area contributed by atoms with Crippen molar-refractivity contribution in [3.05, 3.63) is 35.6 Å². The van der Waals surface area contributed by atoms with Crippen LogP contribution in [0.1, 0.15) is 24.8 Å². The van der Waals surface area contributed by atoms with E-state index in [0.29, 0.717) is 0 Å². The van der Waals surface area contributed by atoms with Crippen molar-refractivity contribution in [2.24, 2.45) is 17.6 Å². The summed E-state index contributed by atoms with van der Waals surface area (Å²) in [6.45, 7) is 1.60. The summed E-state index contributed by atoms with van der Waals surface area (Å²) in [4.78, 5) is 2.40. The average molecular weight is 248 g/mol. The molecule has 2 fully saturated rings. The molecule has 2 aliphatic carbocycles. The number of likely N-dealkylation sites (N-methyl/N-ethyl adjacent to an activating group) is 1. The van der Waals surface area contributed by atoms with Crippen LogP contribution in [0.3, 0.4) is 0 Å². The summed E-state index contributed by atoms with van der Waals surface area (Å²) in [5.74, 6) is 1.55. The zero-order valence-corrected chi connectivity index (χ0v) is 10.9. The van der Waals surface area contributed by atoms with Crippen LogP contribution in [-0.2, 0) is 6.54 Å². The standard InChI is InChI=1S/C15H21FN2/c1-18(9-11-2-4-13(16)5-3-11)15(10-17)7-6-12-8-14(12)15/h2-5,12,14H,6-10,17H2,1H3. The van der Waals surface area contributed by atoms with Crippen molar-refractivity contribution in [3.8, 4) is 0 Å². The van der Waals surface area contributed by atoms with Crippen molar-refractivity contribution >= 4 is 0 Å². The zero-order valence-electron chi connectivity index (χ0n) is 10.9. The Labute approximate surface area is 108 Å². The highest BCUT2D eigenvalue weighted by molar-refractivity contribution is 5.18. The van der Waals surface area contributed by atoms with Gasteiger partial charge in [0, 0.05) is 18.6 Å². The van der Waals surface area contributed by atoms with Crippen LogP contribution >= 0.6 is 0 Å². The molecular formula is C15H21FN2. The van der Waals surface area contributed by atoms with Crippen LogP contribution in [0.15, 0.2) is 24.3 Å². The fraction of sp³-hybridized carbons (Fsp3) is 0.600. The molecule has 1 aromatic carbocycles. The van der Waals surface area contributed by atoms with E-state index in [1.54, 1.807) is 0 Å². The van der Waals surface area contributed by atoms with Gasteiger partial charge in [0.15, 0.2) is 0 Å². The SMILES string of the molecule is CN(Cc1ccc(F)cc1)C1(CN)CCC2CC21. The molecule has 98 valence electrons. The van der Waals surface area contributed by atoms with Crippen LogP contribution in [0.2, 0.25) is 0 Å². The molecule has 2 nitrogen and oxygen atoms in total. The molecular weight excluding hydrogens is 227 g/mol. The van der Waals surface area contributed by atoms with Gasteiger partial charge >= 0.3 is 0 Å². The quantitative estimate of drug-likeness (QED) is 0.886. The second-order valence-electron chi connectivity index (χ2n) is 5.93. The van der Waals surface area contributed by atoms with E-state index >= 15 is 0 Å². The molecule has 0 aromatic heterocycles. The van der Waals surface area contributed by atoms with Crippen molar-refractivity contribution in [3.63, 3.8) is 0 Å². The van der Waals surface area contributed by atoms with Gasteiger partial charge < -0.3 is 5.73 Å². The molecule has 2 N–H and O–H groups in total. The van der Waals surface area contributed by atoms with Crippen LogP contribution in [-0.4, -0.2) is 24.0 Å². The van der Waals surface area contributed by atoms with Crippen molar-refractivity contribution < 1.29 is 4.39 Å². The minimum Gasteiger partial charge on any atom is -0.329 e. The highest BCUT2D eigenvalue weighted by atomic mass is 19.1. The van der Waals surface area contributed by atoms with E-state index in [0.717, 1.165) is 30.5 Å². The van der Waals surface area contributed by atoms with Gasteiger partial charge in [-0.25, -0.2) is 4.39 Å². The van der Waals surface area contributed by atoms with Gasteiger partial charge in [0.2, 0.25) is 0 Å². The van der Waals surface area contributed by atoms with Crippen LogP contribution in [0, 0.1) is 17.7 Å². The fourth-order valence-corrected chi connectivity index (χ4v) is 3.75. The predicted octanol–water partition coefficient (Wildman–Crippen LogP) is 2.38. The highest BCUT2D eigenvalue weighted by Crippen LogP contribution is 2.59. The second-order valence-corrected chi connectivity index (χ2v) is 5.93. The normalized spacial score (nSPS) is 33.8. The molecule has 0 saturated heterocycles. The van der Waals surface area contributed by atoms with Crippen molar-refractivity contribution in [1.82, 2.24) is 4.90 Å². The number of halogens is 1. The Hall–Kier alpha value is -0.930. The molecule has 18 heavy (non-hydrogen) atoms. The minimum atomic E-state index is -0.168. The van der Waals surface area contributed by atoms with Crippen LogP contribution in [0.25, 0.3) is 0 Å². The predicted molar refractivity (Wildman–Crippen MR) is 70.5 cm³/mol. The Bertz CT molecular complexity index is 431. The Morgan fingerprint density at radius 1 is 1.39 bits per heavy atom. The first kappa shape index (κ1) is 12.1. The third-order valence-corrected chi connectivity index (χ3v) is 5.01. The topological polar surface area (TPSA) is 29.3 Å². The fourth-order valence-electron chi connectivity index (χ4n) is 3.75. The van der Waals surface area contributed by atoms with Crippen LogP contribution < -0.4 is 5.73 Å². The number of hydrogen-bond acceptors (Lipinski definition) is 2. The molecule has 3 heteroatoms. The number of benzene rings is 1. The summed E-state index contributed by atoms with van der Waals surface area (Å²) in [7, 11) is 2.16. The van der Waals surface area contributed by atoms with Crippen LogP contribution in [0.4, 0.5) is 4.39 Å². The molecule has 3 unspecified atom stereocenters. The molecule has 0 heterocycles. The van der Waals surface area contributed by atoms with Crippen molar-refractivity contribution in [1.29, 1.82) is 0 Å². The molecule has 0 radical (unpaired) electrons. The molecule has 2 saturated carbocycles. The first-order chi connectivity index (χ1) is 8.65. The van der Waals surface area contributed by atoms with Crippen molar-refractivity contribution in [2.45, 2.75) is 31.3 Å². The molecule has 0 aliphatic heterocycles. The largest absolute Gasteiger partial charge is 0.329 e. The zero-order chi connectivity index (χ0) is 12.8. The van der Waals surface area contributed by atoms with Gasteiger partial charge in [0.1, 0.15) is 5.82 Å². The summed E-state index contributed by atoms with van der Waals surface area (Å²) < 4.78 is 12.9. The smallest absolute Gasteiger partial charge is 0.123 e. The van der Waals surface area contributed by atoms with E-state index in [2.05, 4.69) is 11.9 Å². The van der Waals surface area contributed by atoms with Gasteiger partial charge in [-0.15, -0.1) is 0 Å². The molecule has 0 spiro atoms. The third kappa shape index (κ3) is 1.86. The minimum absolute atomic E-state index is 0.168. The van der Waals surface area contributed by atoms with Gasteiger partial charge in [0.25, 0.3) is 0 Å². The lowest BCUT2D eigenvalue weighted by molar-refractivity contribution is 0.101. The first-order valence-corrected chi connectivity index (χ1v) is 6.81. The molecule has 1 aromatic rings. The monoisotopic (exact) mass is 248 g/mol. The first-order valence-electron chi connectivity index (χ1n) is 6.81. The van der Waals surface area contributed by atoms with Gasteiger partial charge in [-0.1, -0.05) is 12.1 Å². The van der Waals surface area contributed by atoms with Gasteiger partial charge in [-0.2, -0.15) is 0 Å². The third-order valence-electron chi connectivity index (χ3n) is 5.01. The van der Waals surface area contributed by atoms with E-state index in [9.17, 15) is 4.39 Å². The lowest BCUT2D eigenvalue weighted by Gasteiger charge is -2.40. The molecule has 2 aliphatic rings. The van der Waals surface area contributed by atoms with E-state index in [1.165, 1.54) is 31.4 Å². The lowest BCUT2D eigenvalue weighted by Crippen LogP contribution is -2.52. The molecule has 3 atom stereocenters. The number of rotatable bonds is 4. The second kappa shape index (κ2) is 4.32. The summed E-state index contributed by atoms with van der Waals surface area (Å²) in [5, 5.41) is 0. The summed E-state index contributed by atoms with van der Waals surface area (Å²) >= 11 is 0. The number of nitrogens with zero attached hydrogens (tertiary/aromatic N) is 1. The number of hydrogen-bond donors (Lipinski definition) is 1. The van der Waals surface area contributed by atoms with E-state index in [1.807, 2.05) is 12.1 Å². The Morgan fingerprint density at radius 2 is 2.11 bits per heavy atom. The summed E-state index contributed by atoms with van der Waals surface area (Å²) in [6, 6.07) is 6.81. The Kier molecular flexibility index (Phi) is 2.91. The van der Waals surface area contributed by atoms with Gasteiger partial charge in [-0.05, 0) is 55.8 Å². The summed E-state index contributed by atoms with van der Waals surface area (Å²) in [5.41, 5.74) is 7.42. The van der Waals surface area contributed by atoms with Gasteiger partial charge in [0.05, 0.1) is 0 Å². The highest BCUT2D eigenvalue weighted by Gasteiger charge is 2.58. The number of fused-ring (bicyclic) bond motifs is 1. The maximum atomic E-state index is 12.9. The van der Waals surface area contributed by atoms with Gasteiger partial charge in [-0.3, -0.25) is 4.90 Å². The van der Waals surface area contributed by atoms with E-state index in [4.69, 9.17) is 5.73 Å².